The van der Waals surface area contributed by atoms with Crippen LogP contribution in [0.4, 0.5) is 10.1 Å². The van der Waals surface area contributed by atoms with Crippen LogP contribution in [0.2, 0.25) is 0 Å². The van der Waals surface area contributed by atoms with Gasteiger partial charge < -0.3 is 4.90 Å². The molecule has 0 radical (unpaired) electrons. The summed E-state index contributed by atoms with van der Waals surface area (Å²) < 4.78 is 13.8. The lowest BCUT2D eigenvalue weighted by Crippen LogP contribution is -2.20. The molecule has 0 aliphatic rings. The Kier molecular flexibility index (Phi) is 4.18. The third kappa shape index (κ3) is 2.87. The van der Waals surface area contributed by atoms with Crippen LogP contribution in [0.1, 0.15) is 28.4 Å². The van der Waals surface area contributed by atoms with Crippen molar-refractivity contribution in [3.63, 3.8) is 0 Å². The minimum Gasteiger partial charge on any atom is -0.370 e. The minimum absolute atomic E-state index is 0.156. The molecule has 2 rings (SSSR count). The number of ketones is 1. The first-order valence-corrected chi connectivity index (χ1v) is 6.56. The largest absolute Gasteiger partial charge is 0.370 e. The topological polar surface area (TPSA) is 20.3 Å². The maximum Gasteiger partial charge on any atom is 0.164 e. The Hall–Kier alpha value is -2.16. The maximum atomic E-state index is 13.8. The van der Waals surface area contributed by atoms with Gasteiger partial charge in [-0.15, -0.1) is 0 Å². The van der Waals surface area contributed by atoms with Gasteiger partial charge in [-0.3, -0.25) is 4.79 Å². The molecule has 0 saturated heterocycles. The van der Waals surface area contributed by atoms with E-state index in [4.69, 9.17) is 0 Å². The number of nitrogens with zero attached hydrogens (tertiary/aromatic N) is 1. The zero-order chi connectivity index (χ0) is 14.7. The van der Waals surface area contributed by atoms with Crippen LogP contribution in [0.15, 0.2) is 42.5 Å². The van der Waals surface area contributed by atoms with Crippen LogP contribution in [-0.2, 0) is 6.54 Å². The third-order valence-electron chi connectivity index (χ3n) is 3.42. The molecule has 0 amide bonds. The highest BCUT2D eigenvalue weighted by atomic mass is 19.1. The van der Waals surface area contributed by atoms with E-state index in [1.54, 1.807) is 12.1 Å². The van der Waals surface area contributed by atoms with Gasteiger partial charge in [-0.05, 0) is 37.1 Å². The maximum absolute atomic E-state index is 13.8. The minimum atomic E-state index is -0.466. The van der Waals surface area contributed by atoms with E-state index < -0.39 is 5.82 Å². The van der Waals surface area contributed by atoms with E-state index in [-0.39, 0.29) is 11.3 Å². The number of rotatable bonds is 4. The number of carbonyl (C=O) groups is 1. The molecule has 0 aliphatic carbocycles. The molecule has 0 unspecified atom stereocenters. The average molecular weight is 271 g/mol. The second-order valence-corrected chi connectivity index (χ2v) is 4.97. The van der Waals surface area contributed by atoms with Gasteiger partial charge in [-0.25, -0.2) is 4.39 Å². The lowest BCUT2D eigenvalue weighted by Gasteiger charge is -2.23. The SMILES string of the molecule is CC(=O)c1c(F)cccc1N(C)Cc1ccccc1C. The molecule has 2 nitrogen and oxygen atoms in total. The van der Waals surface area contributed by atoms with Gasteiger partial charge in [0.25, 0.3) is 0 Å². The monoisotopic (exact) mass is 271 g/mol. The van der Waals surface area contributed by atoms with Gasteiger partial charge in [-0.2, -0.15) is 0 Å². The van der Waals surface area contributed by atoms with Crippen LogP contribution in [-0.4, -0.2) is 12.8 Å². The van der Waals surface area contributed by atoms with Gasteiger partial charge in [0.05, 0.1) is 11.3 Å². The van der Waals surface area contributed by atoms with E-state index in [0.717, 1.165) is 5.56 Å². The summed E-state index contributed by atoms with van der Waals surface area (Å²) in [4.78, 5) is 13.5. The van der Waals surface area contributed by atoms with Crippen molar-refractivity contribution in [1.82, 2.24) is 0 Å². The zero-order valence-electron chi connectivity index (χ0n) is 12.0. The molecule has 20 heavy (non-hydrogen) atoms. The van der Waals surface area contributed by atoms with Crippen molar-refractivity contribution >= 4 is 11.5 Å². The number of benzene rings is 2. The van der Waals surface area contributed by atoms with Gasteiger partial charge in [0, 0.05) is 13.6 Å². The van der Waals surface area contributed by atoms with Crippen molar-refractivity contribution in [2.45, 2.75) is 20.4 Å². The lowest BCUT2D eigenvalue weighted by atomic mass is 10.1. The van der Waals surface area contributed by atoms with Crippen LogP contribution >= 0.6 is 0 Å². The number of carbonyl (C=O) groups excluding carboxylic acids is 1. The summed E-state index contributed by atoms with van der Waals surface area (Å²) in [5, 5.41) is 0. The summed E-state index contributed by atoms with van der Waals surface area (Å²) in [6.07, 6.45) is 0. The number of hydrogen-bond donors (Lipinski definition) is 0. The van der Waals surface area contributed by atoms with Crippen molar-refractivity contribution in [3.05, 3.63) is 65.0 Å². The summed E-state index contributed by atoms with van der Waals surface area (Å²) >= 11 is 0. The first-order chi connectivity index (χ1) is 9.50. The molecule has 0 aromatic heterocycles. The smallest absolute Gasteiger partial charge is 0.164 e. The Bertz CT molecular complexity index is 637. The predicted octanol–water partition coefficient (Wildman–Crippen LogP) is 3.97. The van der Waals surface area contributed by atoms with Crippen molar-refractivity contribution in [2.24, 2.45) is 0 Å². The van der Waals surface area contributed by atoms with E-state index >= 15 is 0 Å². The Morgan fingerprint density at radius 1 is 1.15 bits per heavy atom. The van der Waals surface area contributed by atoms with E-state index in [0.29, 0.717) is 12.2 Å². The van der Waals surface area contributed by atoms with Crippen LogP contribution in [0, 0.1) is 12.7 Å². The standard InChI is InChI=1S/C17H18FNO/c1-12-7-4-5-8-14(12)11-19(3)16-10-6-9-15(18)17(16)13(2)20/h4-10H,11H2,1-3H3. The third-order valence-corrected chi connectivity index (χ3v) is 3.42. The van der Waals surface area contributed by atoms with Crippen LogP contribution in [0.5, 0.6) is 0 Å². The van der Waals surface area contributed by atoms with E-state index in [9.17, 15) is 9.18 Å². The molecule has 0 atom stereocenters. The fraction of sp³-hybridized carbons (Fsp3) is 0.235. The summed E-state index contributed by atoms with van der Waals surface area (Å²) in [7, 11) is 1.87. The molecule has 2 aromatic rings. The molecule has 0 fully saturated rings. The molecule has 0 heterocycles. The Balaban J connectivity index is 2.35. The first-order valence-electron chi connectivity index (χ1n) is 6.56. The number of hydrogen-bond acceptors (Lipinski definition) is 2. The molecule has 0 N–H and O–H groups in total. The zero-order valence-corrected chi connectivity index (χ0v) is 12.0. The highest BCUT2D eigenvalue weighted by Gasteiger charge is 2.16. The van der Waals surface area contributed by atoms with Gasteiger partial charge in [-0.1, -0.05) is 30.3 Å². The Morgan fingerprint density at radius 3 is 2.50 bits per heavy atom. The summed E-state index contributed by atoms with van der Waals surface area (Å²) in [6.45, 7) is 4.07. The van der Waals surface area contributed by atoms with Gasteiger partial charge >= 0.3 is 0 Å². The molecule has 3 heteroatoms. The van der Waals surface area contributed by atoms with Gasteiger partial charge in [0.15, 0.2) is 5.78 Å². The van der Waals surface area contributed by atoms with Crippen molar-refractivity contribution in [2.75, 3.05) is 11.9 Å². The van der Waals surface area contributed by atoms with Gasteiger partial charge in [0.1, 0.15) is 5.82 Å². The highest BCUT2D eigenvalue weighted by Crippen LogP contribution is 2.24. The van der Waals surface area contributed by atoms with Gasteiger partial charge in [0.2, 0.25) is 0 Å². The lowest BCUT2D eigenvalue weighted by molar-refractivity contribution is 0.101. The molecule has 0 bridgehead atoms. The summed E-state index contributed by atoms with van der Waals surface area (Å²) in [5.74, 6) is -0.721. The van der Waals surface area contributed by atoms with E-state index in [1.165, 1.54) is 18.6 Å². The van der Waals surface area contributed by atoms with Crippen molar-refractivity contribution in [1.29, 1.82) is 0 Å². The van der Waals surface area contributed by atoms with E-state index in [1.807, 2.05) is 43.1 Å². The van der Waals surface area contributed by atoms with Crippen LogP contribution in [0.3, 0.4) is 0 Å². The van der Waals surface area contributed by atoms with E-state index in [2.05, 4.69) is 0 Å². The fourth-order valence-corrected chi connectivity index (χ4v) is 2.31. The molecule has 104 valence electrons. The Labute approximate surface area is 118 Å². The number of aryl methyl sites for hydroxylation is 1. The summed E-state index contributed by atoms with van der Waals surface area (Å²) in [5.41, 5.74) is 3.12. The van der Waals surface area contributed by atoms with Crippen molar-refractivity contribution in [3.8, 4) is 0 Å². The second kappa shape index (κ2) is 5.87. The van der Waals surface area contributed by atoms with Crippen LogP contribution in [0.25, 0.3) is 0 Å². The molecular formula is C17H18FNO. The number of Topliss-reactive ketones (excluding diaryl/α,β-unsaturated/α-hetero) is 1. The fourth-order valence-electron chi connectivity index (χ4n) is 2.31. The first kappa shape index (κ1) is 14.3. The molecule has 0 aliphatic heterocycles. The van der Waals surface area contributed by atoms with Crippen molar-refractivity contribution < 1.29 is 9.18 Å². The number of halogens is 1. The predicted molar refractivity (Wildman–Crippen MR) is 79.7 cm³/mol. The molecule has 0 spiro atoms. The Morgan fingerprint density at radius 2 is 1.85 bits per heavy atom. The molecule has 2 aromatic carbocycles. The quantitative estimate of drug-likeness (QED) is 0.784. The number of anilines is 1. The average Bonchev–Trinajstić information content (AvgIpc) is 2.40. The summed E-state index contributed by atoms with van der Waals surface area (Å²) in [6, 6.07) is 12.8. The molecular weight excluding hydrogens is 253 g/mol. The molecule has 0 saturated carbocycles. The normalized spacial score (nSPS) is 10.4. The second-order valence-electron chi connectivity index (χ2n) is 4.97. The van der Waals surface area contributed by atoms with Crippen LogP contribution < -0.4 is 4.90 Å². The highest BCUT2D eigenvalue weighted by molar-refractivity contribution is 6.00.